The van der Waals surface area contributed by atoms with Gasteiger partial charge in [0.25, 0.3) is 0 Å². The summed E-state index contributed by atoms with van der Waals surface area (Å²) in [5, 5.41) is 120. The lowest BCUT2D eigenvalue weighted by Crippen LogP contribution is -2.66. The summed E-state index contributed by atoms with van der Waals surface area (Å²) < 4.78 is 34.3. The van der Waals surface area contributed by atoms with Crippen molar-refractivity contribution in [3.63, 3.8) is 0 Å². The van der Waals surface area contributed by atoms with Gasteiger partial charge in [-0.05, 0) is 51.4 Å². The number of nitrogens with one attached hydrogen (secondary N) is 1. The van der Waals surface area contributed by atoms with E-state index in [1.165, 1.54) is 128 Å². The molecule has 19 heteroatoms. The highest BCUT2D eigenvalue weighted by Crippen LogP contribution is 2.33. The van der Waals surface area contributed by atoms with Crippen LogP contribution in [-0.2, 0) is 33.2 Å². The summed E-state index contributed by atoms with van der Waals surface area (Å²) in [5.74, 6) is -0.247. The maximum atomic E-state index is 13.3. The van der Waals surface area contributed by atoms with Crippen LogP contribution in [0.4, 0.5) is 0 Å². The number of rotatable bonds is 48. The van der Waals surface area contributed by atoms with Gasteiger partial charge in [0, 0.05) is 6.42 Å². The Balaban J connectivity index is 1.40. The van der Waals surface area contributed by atoms with Gasteiger partial charge in [-0.2, -0.15) is 0 Å². The maximum Gasteiger partial charge on any atom is 0.220 e. The molecule has 17 atom stereocenters. The highest BCUT2D eigenvalue weighted by molar-refractivity contribution is 5.76. The zero-order chi connectivity index (χ0) is 59.7. The molecule has 12 N–H and O–H groups in total. The molecule has 17 unspecified atom stereocenters. The average molecular weight is 1170 g/mol. The van der Waals surface area contributed by atoms with E-state index >= 15 is 0 Å². The summed E-state index contributed by atoms with van der Waals surface area (Å²) in [4.78, 5) is 13.3. The molecule has 19 nitrogen and oxygen atoms in total. The topological polar surface area (TPSA) is 307 Å². The zero-order valence-electron chi connectivity index (χ0n) is 50.2. The van der Waals surface area contributed by atoms with Gasteiger partial charge in [-0.25, -0.2) is 0 Å². The fourth-order valence-electron chi connectivity index (χ4n) is 10.9. The molecule has 0 aromatic heterocycles. The van der Waals surface area contributed by atoms with Crippen LogP contribution >= 0.6 is 0 Å². The summed E-state index contributed by atoms with van der Waals surface area (Å²) in [7, 11) is 0. The van der Waals surface area contributed by atoms with Crippen molar-refractivity contribution in [2.24, 2.45) is 0 Å². The molecule has 0 radical (unpaired) electrons. The predicted octanol–water partition coefficient (Wildman–Crippen LogP) is 6.88. The Labute approximate surface area is 491 Å². The Morgan fingerprint density at radius 2 is 0.805 bits per heavy atom. The van der Waals surface area contributed by atoms with Gasteiger partial charge in [0.05, 0.1) is 38.6 Å². The Kier molecular flexibility index (Phi) is 41.8. The molecular weight excluding hydrogens is 1060 g/mol. The van der Waals surface area contributed by atoms with Crippen LogP contribution in [0.25, 0.3) is 0 Å². The first-order valence-corrected chi connectivity index (χ1v) is 32.2. The van der Waals surface area contributed by atoms with E-state index in [0.29, 0.717) is 12.8 Å². The zero-order valence-corrected chi connectivity index (χ0v) is 50.2. The number of ether oxygens (including phenoxy) is 6. The molecule has 0 aliphatic carbocycles. The van der Waals surface area contributed by atoms with Crippen molar-refractivity contribution in [2.75, 3.05) is 26.4 Å². The van der Waals surface area contributed by atoms with Crippen LogP contribution in [0, 0.1) is 0 Å². The minimum atomic E-state index is -1.97. The van der Waals surface area contributed by atoms with Gasteiger partial charge in [-0.1, -0.05) is 204 Å². The molecule has 0 bridgehead atoms. The quantitative estimate of drug-likeness (QED) is 0.0218. The standard InChI is InChI=1S/C63H115NO18/c1-3-5-7-9-11-13-15-16-17-18-19-20-21-22-23-24-25-26-27-28-29-30-31-33-35-37-39-41-51(69)64-46(47(68)40-38-36-34-32-14-12-10-8-6-4-2)45-77-61-57(75)54(72)59(49(43-66)79-61)82-63-58(76)55(73)60(50(44-67)80-63)81-62-56(74)53(71)52(70)48(42-65)78-62/h15-16,18-19,21-22,46-50,52-63,65-68,70-76H,3-14,17,20,23-45H2,1-2H3,(H,64,69)/b16-15-,19-18-,22-21-. The summed E-state index contributed by atoms with van der Waals surface area (Å²) in [6.07, 6.45) is 23.9. The lowest BCUT2D eigenvalue weighted by Gasteiger charge is -2.48. The first-order valence-electron chi connectivity index (χ1n) is 32.2. The number of unbranched alkanes of at least 4 members (excludes halogenated alkanes) is 26. The number of carbonyl (C=O) groups is 1. The highest BCUT2D eigenvalue weighted by atomic mass is 16.8. The summed E-state index contributed by atoms with van der Waals surface area (Å²) >= 11 is 0. The van der Waals surface area contributed by atoms with Crippen molar-refractivity contribution in [1.82, 2.24) is 5.32 Å². The van der Waals surface area contributed by atoms with E-state index < -0.39 is 124 Å². The second-order valence-corrected chi connectivity index (χ2v) is 23.2. The first kappa shape index (κ1) is 74.3. The van der Waals surface area contributed by atoms with Crippen LogP contribution in [0.3, 0.4) is 0 Å². The van der Waals surface area contributed by atoms with E-state index in [-0.39, 0.29) is 18.9 Å². The number of aliphatic hydroxyl groups excluding tert-OH is 11. The van der Waals surface area contributed by atoms with E-state index in [0.717, 1.165) is 64.2 Å². The molecule has 3 aliphatic rings. The van der Waals surface area contributed by atoms with E-state index in [2.05, 4.69) is 55.6 Å². The third kappa shape index (κ3) is 29.1. The Bertz CT molecular complexity index is 1640. The van der Waals surface area contributed by atoms with Crippen LogP contribution < -0.4 is 5.32 Å². The molecule has 82 heavy (non-hydrogen) atoms. The molecule has 3 fully saturated rings. The number of hydrogen-bond donors (Lipinski definition) is 12. The van der Waals surface area contributed by atoms with Crippen molar-refractivity contribution >= 4 is 5.91 Å². The first-order chi connectivity index (χ1) is 39.8. The third-order valence-corrected chi connectivity index (χ3v) is 16.2. The number of allylic oxidation sites excluding steroid dienone is 6. The third-order valence-electron chi connectivity index (χ3n) is 16.2. The predicted molar refractivity (Wildman–Crippen MR) is 314 cm³/mol. The van der Waals surface area contributed by atoms with Crippen LogP contribution in [0.15, 0.2) is 36.5 Å². The molecule has 3 rings (SSSR count). The average Bonchev–Trinajstić information content (AvgIpc) is 3.64. The van der Waals surface area contributed by atoms with Gasteiger partial charge in [-0.3, -0.25) is 4.79 Å². The second kappa shape index (κ2) is 46.2. The lowest BCUT2D eigenvalue weighted by atomic mass is 9.96. The van der Waals surface area contributed by atoms with E-state index in [1.54, 1.807) is 0 Å². The van der Waals surface area contributed by atoms with Crippen molar-refractivity contribution in [3.8, 4) is 0 Å². The Morgan fingerprint density at radius 3 is 1.26 bits per heavy atom. The fourth-order valence-corrected chi connectivity index (χ4v) is 10.9. The van der Waals surface area contributed by atoms with Crippen molar-refractivity contribution < 1.29 is 89.4 Å². The Hall–Kier alpha value is -1.99. The number of amides is 1. The largest absolute Gasteiger partial charge is 0.394 e. The van der Waals surface area contributed by atoms with E-state index in [9.17, 15) is 61.0 Å². The molecule has 480 valence electrons. The number of aliphatic hydroxyl groups is 11. The molecular formula is C63H115NO18. The summed E-state index contributed by atoms with van der Waals surface area (Å²) in [6, 6.07) is -0.886. The maximum absolute atomic E-state index is 13.3. The van der Waals surface area contributed by atoms with Crippen molar-refractivity contribution in [2.45, 2.75) is 330 Å². The Morgan fingerprint density at radius 1 is 0.439 bits per heavy atom. The van der Waals surface area contributed by atoms with Crippen LogP contribution in [0.1, 0.15) is 226 Å². The summed E-state index contributed by atoms with van der Waals surface area (Å²) in [6.45, 7) is 1.75. The smallest absolute Gasteiger partial charge is 0.220 e. The second-order valence-electron chi connectivity index (χ2n) is 23.2. The fraction of sp³-hybridized carbons (Fsp3) is 0.889. The highest BCUT2D eigenvalue weighted by Gasteiger charge is 2.53. The van der Waals surface area contributed by atoms with Gasteiger partial charge in [-0.15, -0.1) is 0 Å². The molecule has 0 saturated carbocycles. The summed E-state index contributed by atoms with van der Waals surface area (Å²) in [5.41, 5.74) is 0. The van der Waals surface area contributed by atoms with Gasteiger partial charge >= 0.3 is 0 Å². The van der Waals surface area contributed by atoms with Crippen molar-refractivity contribution in [3.05, 3.63) is 36.5 Å². The van der Waals surface area contributed by atoms with Gasteiger partial charge in [0.1, 0.15) is 73.2 Å². The number of carbonyl (C=O) groups excluding carboxylic acids is 1. The van der Waals surface area contributed by atoms with Crippen LogP contribution in [-0.4, -0.2) is 193 Å². The molecule has 3 saturated heterocycles. The number of hydrogen-bond acceptors (Lipinski definition) is 18. The normalized spacial score (nSPS) is 29.8. The molecule has 3 heterocycles. The molecule has 0 aromatic rings. The molecule has 0 spiro atoms. The van der Waals surface area contributed by atoms with Crippen molar-refractivity contribution in [1.29, 1.82) is 0 Å². The van der Waals surface area contributed by atoms with Gasteiger partial charge < -0.3 is 89.9 Å². The lowest BCUT2D eigenvalue weighted by molar-refractivity contribution is -0.379. The monoisotopic (exact) mass is 1170 g/mol. The van der Waals surface area contributed by atoms with Crippen LogP contribution in [0.2, 0.25) is 0 Å². The van der Waals surface area contributed by atoms with Gasteiger partial charge in [0.15, 0.2) is 18.9 Å². The van der Waals surface area contributed by atoms with E-state index in [1.807, 2.05) is 0 Å². The SMILES string of the molecule is CCCCCCC/C=C\C/C=C\C/C=C\CCCCCCCCCCCCCCC(=O)NC(COC1OC(CO)C(OC2OC(CO)C(OC3OC(CO)C(O)C(O)C3O)C(O)C2O)C(O)C1O)C(O)CCCCCCCCCCCC. The molecule has 1 amide bonds. The minimum Gasteiger partial charge on any atom is -0.394 e. The minimum absolute atomic E-state index is 0.247. The van der Waals surface area contributed by atoms with Crippen LogP contribution in [0.5, 0.6) is 0 Å². The molecule has 0 aromatic carbocycles. The molecule has 3 aliphatic heterocycles. The van der Waals surface area contributed by atoms with Gasteiger partial charge in [0.2, 0.25) is 5.91 Å². The van der Waals surface area contributed by atoms with E-state index in [4.69, 9.17) is 28.4 Å².